The van der Waals surface area contributed by atoms with Gasteiger partial charge >= 0.3 is 0 Å². The molecule has 0 bridgehead atoms. The van der Waals surface area contributed by atoms with Crippen molar-refractivity contribution in [1.29, 1.82) is 0 Å². The zero-order chi connectivity index (χ0) is 21.5. The van der Waals surface area contributed by atoms with E-state index in [4.69, 9.17) is 4.74 Å². The van der Waals surface area contributed by atoms with Gasteiger partial charge in [0.15, 0.2) is 0 Å². The molecule has 0 unspecified atom stereocenters. The summed E-state index contributed by atoms with van der Waals surface area (Å²) in [6.07, 6.45) is 1.32. The van der Waals surface area contributed by atoms with Crippen LogP contribution >= 0.6 is 0 Å². The molecule has 9 heteroatoms. The molecule has 3 aromatic heterocycles. The predicted molar refractivity (Wildman–Crippen MR) is 113 cm³/mol. The fourth-order valence-corrected chi connectivity index (χ4v) is 4.44. The Morgan fingerprint density at radius 2 is 1.97 bits per heavy atom. The van der Waals surface area contributed by atoms with Gasteiger partial charge < -0.3 is 9.64 Å². The predicted octanol–water partition coefficient (Wildman–Crippen LogP) is 4.25. The zero-order valence-electron chi connectivity index (χ0n) is 17.2. The van der Waals surface area contributed by atoms with Crippen LogP contribution in [-0.2, 0) is 0 Å². The fraction of sp³-hybridized carbons (Fsp3) is 0.364. The van der Waals surface area contributed by atoms with E-state index in [1.54, 1.807) is 17.8 Å². The monoisotopic (exact) mass is 424 g/mol. The van der Waals surface area contributed by atoms with E-state index in [0.717, 1.165) is 35.3 Å². The quantitative estimate of drug-likeness (QED) is 0.488. The molecule has 1 saturated heterocycles. The van der Waals surface area contributed by atoms with Gasteiger partial charge in [0.1, 0.15) is 23.6 Å². The number of aromatic nitrogens is 5. The summed E-state index contributed by atoms with van der Waals surface area (Å²) in [7, 11) is 1.63. The van der Waals surface area contributed by atoms with Gasteiger partial charge in [-0.3, -0.25) is 0 Å². The fourth-order valence-electron chi connectivity index (χ4n) is 4.44. The molecule has 31 heavy (non-hydrogen) atoms. The number of benzene rings is 1. The Kier molecular flexibility index (Phi) is 4.88. The number of pyridine rings is 1. The summed E-state index contributed by atoms with van der Waals surface area (Å²) in [6.45, 7) is 3.60. The molecule has 4 aromatic rings. The van der Waals surface area contributed by atoms with Crippen LogP contribution in [0.2, 0.25) is 0 Å². The van der Waals surface area contributed by atoms with Crippen LogP contribution in [0, 0.1) is 5.92 Å². The summed E-state index contributed by atoms with van der Waals surface area (Å²) >= 11 is 0. The summed E-state index contributed by atoms with van der Waals surface area (Å²) in [5.74, 6) is 2.04. The Morgan fingerprint density at radius 3 is 2.74 bits per heavy atom. The maximum absolute atomic E-state index is 13.5. The Labute approximate surface area is 177 Å². The zero-order valence-corrected chi connectivity index (χ0v) is 17.2. The molecule has 2 atom stereocenters. The molecule has 1 aliphatic heterocycles. The van der Waals surface area contributed by atoms with Crippen molar-refractivity contribution in [2.24, 2.45) is 5.92 Å². The number of halogens is 2. The smallest absolute Gasteiger partial charge is 0.280 e. The lowest BCUT2D eigenvalue weighted by Crippen LogP contribution is -2.39. The Bertz CT molecular complexity index is 1240. The number of hydrogen-bond acceptors (Lipinski definition) is 6. The molecule has 0 saturated carbocycles. The standard InChI is InChI=1S/C22H22F2N6O/c1-13-7-8-29(21-15-6-4-3-5-14(15)19(31-2)10-25-21)11-16(13)18-9-17(20(23)24)28-22-26-12-27-30(18)22/h3-6,9-10,12-13,16,20H,7-8,11H2,1-2H3/t13-,16-/m1/s1. The first-order valence-corrected chi connectivity index (χ1v) is 10.2. The number of nitrogens with zero attached hydrogens (tertiary/aromatic N) is 6. The van der Waals surface area contributed by atoms with Crippen molar-refractivity contribution >= 4 is 22.4 Å². The van der Waals surface area contributed by atoms with Crippen molar-refractivity contribution in [3.05, 3.63) is 54.2 Å². The maximum Gasteiger partial charge on any atom is 0.280 e. The van der Waals surface area contributed by atoms with E-state index < -0.39 is 6.43 Å². The van der Waals surface area contributed by atoms with Gasteiger partial charge in [-0.2, -0.15) is 10.1 Å². The molecule has 0 aliphatic carbocycles. The number of methoxy groups -OCH3 is 1. The van der Waals surface area contributed by atoms with Crippen LogP contribution in [0.1, 0.15) is 37.1 Å². The average Bonchev–Trinajstić information content (AvgIpc) is 3.27. The summed E-state index contributed by atoms with van der Waals surface area (Å²) in [5.41, 5.74) is 0.431. The van der Waals surface area contributed by atoms with E-state index in [1.165, 1.54) is 12.4 Å². The lowest BCUT2D eigenvalue weighted by Gasteiger charge is -2.38. The highest BCUT2D eigenvalue weighted by Crippen LogP contribution is 2.38. The topological polar surface area (TPSA) is 68.4 Å². The van der Waals surface area contributed by atoms with Crippen LogP contribution < -0.4 is 9.64 Å². The van der Waals surface area contributed by atoms with Gasteiger partial charge in [-0.15, -0.1) is 0 Å². The van der Waals surface area contributed by atoms with Crippen LogP contribution in [0.3, 0.4) is 0 Å². The highest BCUT2D eigenvalue weighted by Gasteiger charge is 2.32. The number of piperidine rings is 1. The van der Waals surface area contributed by atoms with Crippen LogP contribution in [-0.4, -0.2) is 44.8 Å². The van der Waals surface area contributed by atoms with Crippen molar-refractivity contribution in [2.75, 3.05) is 25.1 Å². The van der Waals surface area contributed by atoms with Crippen LogP contribution in [0.15, 0.2) is 42.9 Å². The molecule has 0 amide bonds. The second kappa shape index (κ2) is 7.72. The lowest BCUT2D eigenvalue weighted by molar-refractivity contribution is 0.146. The first-order chi connectivity index (χ1) is 15.1. The summed E-state index contributed by atoms with van der Waals surface area (Å²) in [4.78, 5) is 14.9. The number of rotatable bonds is 4. The summed E-state index contributed by atoms with van der Waals surface area (Å²) < 4.78 is 34.0. The summed E-state index contributed by atoms with van der Waals surface area (Å²) in [5, 5.41) is 6.24. The van der Waals surface area contributed by atoms with Crippen molar-refractivity contribution in [3.63, 3.8) is 0 Å². The maximum atomic E-state index is 13.5. The summed E-state index contributed by atoms with van der Waals surface area (Å²) in [6, 6.07) is 9.47. The molecule has 1 aliphatic rings. The number of anilines is 1. The number of hydrogen-bond donors (Lipinski definition) is 0. The number of alkyl halides is 2. The van der Waals surface area contributed by atoms with E-state index in [2.05, 4.69) is 31.9 Å². The Morgan fingerprint density at radius 1 is 1.16 bits per heavy atom. The lowest BCUT2D eigenvalue weighted by atomic mass is 9.84. The van der Waals surface area contributed by atoms with Gasteiger partial charge in [-0.05, 0) is 18.4 Å². The van der Waals surface area contributed by atoms with Gasteiger partial charge in [0.05, 0.1) is 19.0 Å². The first-order valence-electron chi connectivity index (χ1n) is 10.2. The molecule has 0 N–H and O–H groups in total. The molecule has 5 rings (SSSR count). The molecule has 7 nitrogen and oxygen atoms in total. The van der Waals surface area contributed by atoms with Gasteiger partial charge in [0.25, 0.3) is 12.2 Å². The highest BCUT2D eigenvalue weighted by molar-refractivity contribution is 5.96. The van der Waals surface area contributed by atoms with Crippen LogP contribution in [0.4, 0.5) is 14.6 Å². The molecule has 1 fully saturated rings. The molecular weight excluding hydrogens is 402 g/mol. The third-order valence-electron chi connectivity index (χ3n) is 6.12. The van der Waals surface area contributed by atoms with Gasteiger partial charge in [0, 0.05) is 29.8 Å². The van der Waals surface area contributed by atoms with Crippen molar-refractivity contribution < 1.29 is 13.5 Å². The van der Waals surface area contributed by atoms with E-state index in [9.17, 15) is 8.78 Å². The second-order valence-corrected chi connectivity index (χ2v) is 7.89. The van der Waals surface area contributed by atoms with E-state index >= 15 is 0 Å². The molecule has 1 aromatic carbocycles. The van der Waals surface area contributed by atoms with Crippen molar-refractivity contribution in [1.82, 2.24) is 24.6 Å². The second-order valence-electron chi connectivity index (χ2n) is 7.89. The Hall–Kier alpha value is -3.36. The van der Waals surface area contributed by atoms with Crippen LogP contribution in [0.25, 0.3) is 16.6 Å². The van der Waals surface area contributed by atoms with Crippen molar-refractivity contribution in [3.8, 4) is 5.75 Å². The van der Waals surface area contributed by atoms with Gasteiger partial charge in [0.2, 0.25) is 0 Å². The molecule has 0 spiro atoms. The van der Waals surface area contributed by atoms with Crippen LogP contribution in [0.5, 0.6) is 5.75 Å². The van der Waals surface area contributed by atoms with Gasteiger partial charge in [-0.1, -0.05) is 31.2 Å². The van der Waals surface area contributed by atoms with Crippen molar-refractivity contribution in [2.45, 2.75) is 25.7 Å². The molecule has 4 heterocycles. The largest absolute Gasteiger partial charge is 0.494 e. The van der Waals surface area contributed by atoms with E-state index in [0.29, 0.717) is 12.2 Å². The minimum Gasteiger partial charge on any atom is -0.494 e. The highest BCUT2D eigenvalue weighted by atomic mass is 19.3. The minimum absolute atomic E-state index is 0.0267. The molecule has 0 radical (unpaired) electrons. The molecule has 160 valence electrons. The average molecular weight is 424 g/mol. The van der Waals surface area contributed by atoms with E-state index in [1.807, 2.05) is 24.3 Å². The first kappa shape index (κ1) is 19.6. The normalized spacial score (nSPS) is 19.5. The SMILES string of the molecule is COc1cnc(N2CC[C@@H](C)[C@H](c3cc(C(F)F)nc4ncnn34)C2)c2ccccc12. The minimum atomic E-state index is -2.66. The number of ether oxygens (including phenoxy) is 1. The third-order valence-corrected chi connectivity index (χ3v) is 6.12. The molecular formula is C22H22F2N6O. The Balaban J connectivity index is 1.58. The third kappa shape index (κ3) is 3.34. The number of fused-ring (bicyclic) bond motifs is 2. The van der Waals surface area contributed by atoms with E-state index in [-0.39, 0.29) is 23.3 Å². The van der Waals surface area contributed by atoms with Gasteiger partial charge in [-0.25, -0.2) is 23.3 Å².